The average Bonchev–Trinajstić information content (AvgIpc) is 2.54. The van der Waals surface area contributed by atoms with Gasteiger partial charge in [-0.1, -0.05) is 60.7 Å². The minimum absolute atomic E-state index is 1.08. The van der Waals surface area contributed by atoms with Crippen LogP contribution in [-0.2, 0) is 19.3 Å². The zero-order valence-electron chi connectivity index (χ0n) is 11.9. The molecular formula is C21H16. The summed E-state index contributed by atoms with van der Waals surface area (Å²) in [7, 11) is 0. The van der Waals surface area contributed by atoms with Crippen LogP contribution in [0.3, 0.4) is 0 Å². The molecule has 0 aliphatic heterocycles. The Morgan fingerprint density at radius 2 is 1.57 bits per heavy atom. The highest BCUT2D eigenvalue weighted by atomic mass is 14.3. The number of allylic oxidation sites excluding steroid dienone is 1. The first kappa shape index (κ1) is 11.3. The number of hydrogen-bond donors (Lipinski definition) is 0. The van der Waals surface area contributed by atoms with Gasteiger partial charge in [-0.05, 0) is 63.4 Å². The molecule has 2 aliphatic carbocycles. The predicted molar refractivity (Wildman–Crippen MR) is 88.7 cm³/mol. The van der Waals surface area contributed by atoms with Gasteiger partial charge in [-0.2, -0.15) is 0 Å². The minimum Gasteiger partial charge on any atom is -0.0795 e. The van der Waals surface area contributed by atoms with E-state index in [0.29, 0.717) is 0 Å². The largest absolute Gasteiger partial charge is 0.0795 e. The molecule has 2 aliphatic rings. The highest BCUT2D eigenvalue weighted by Crippen LogP contribution is 2.37. The molecule has 0 nitrogen and oxygen atoms in total. The fourth-order valence-electron chi connectivity index (χ4n) is 4.02. The molecule has 0 saturated carbocycles. The summed E-state index contributed by atoms with van der Waals surface area (Å²) in [6.07, 6.45) is 7.86. The highest BCUT2D eigenvalue weighted by molar-refractivity contribution is 5.96. The molecule has 3 aromatic rings. The molecule has 0 heterocycles. The lowest BCUT2D eigenvalue weighted by Crippen LogP contribution is -2.11. The Morgan fingerprint density at radius 3 is 2.48 bits per heavy atom. The van der Waals surface area contributed by atoms with Crippen LogP contribution < -0.4 is 0 Å². The minimum atomic E-state index is 1.08. The van der Waals surface area contributed by atoms with Crippen molar-refractivity contribution in [3.8, 4) is 0 Å². The van der Waals surface area contributed by atoms with Gasteiger partial charge in [-0.15, -0.1) is 0 Å². The molecule has 0 fully saturated rings. The molecule has 0 N–H and O–H groups in total. The third kappa shape index (κ3) is 1.56. The second kappa shape index (κ2) is 4.08. The Bertz CT molecular complexity index is 913. The van der Waals surface area contributed by atoms with Crippen molar-refractivity contribution in [1.29, 1.82) is 0 Å². The van der Waals surface area contributed by atoms with Gasteiger partial charge in [0.05, 0.1) is 0 Å². The van der Waals surface area contributed by atoms with E-state index in [0.717, 1.165) is 19.3 Å². The van der Waals surface area contributed by atoms with Gasteiger partial charge in [-0.25, -0.2) is 0 Å². The summed E-state index contributed by atoms with van der Waals surface area (Å²) < 4.78 is 0. The van der Waals surface area contributed by atoms with Gasteiger partial charge in [-0.3, -0.25) is 0 Å². The van der Waals surface area contributed by atoms with Crippen molar-refractivity contribution in [2.75, 3.05) is 0 Å². The van der Waals surface area contributed by atoms with Gasteiger partial charge in [0.2, 0.25) is 0 Å². The molecule has 0 spiro atoms. The molecule has 0 heteroatoms. The van der Waals surface area contributed by atoms with Crippen LogP contribution in [0.4, 0.5) is 0 Å². The lowest BCUT2D eigenvalue weighted by Gasteiger charge is -2.25. The van der Waals surface area contributed by atoms with Crippen molar-refractivity contribution in [1.82, 2.24) is 0 Å². The fourth-order valence-corrected chi connectivity index (χ4v) is 4.02. The van der Waals surface area contributed by atoms with Crippen molar-refractivity contribution in [3.05, 3.63) is 88.0 Å². The third-order valence-electron chi connectivity index (χ3n) is 5.00. The summed E-state index contributed by atoms with van der Waals surface area (Å²) in [5.74, 6) is 0. The molecule has 100 valence electrons. The predicted octanol–water partition coefficient (Wildman–Crippen LogP) is 4.90. The van der Waals surface area contributed by atoms with Crippen molar-refractivity contribution in [2.24, 2.45) is 0 Å². The first-order chi connectivity index (χ1) is 10.4. The topological polar surface area (TPSA) is 0 Å². The van der Waals surface area contributed by atoms with Crippen LogP contribution in [0.2, 0.25) is 0 Å². The fraction of sp³-hybridized carbons (Fsp3) is 0.143. The summed E-state index contributed by atoms with van der Waals surface area (Å²) >= 11 is 0. The van der Waals surface area contributed by atoms with Crippen molar-refractivity contribution >= 4 is 16.8 Å². The molecule has 0 radical (unpaired) electrons. The molecule has 5 rings (SSSR count). The molecule has 0 saturated heterocycles. The van der Waals surface area contributed by atoms with Gasteiger partial charge in [0.25, 0.3) is 0 Å². The maximum absolute atomic E-state index is 2.42. The Morgan fingerprint density at radius 1 is 0.714 bits per heavy atom. The second-order valence-electron chi connectivity index (χ2n) is 6.17. The van der Waals surface area contributed by atoms with E-state index in [1.54, 1.807) is 11.1 Å². The smallest absolute Gasteiger partial charge is 0.00170 e. The summed E-state index contributed by atoms with van der Waals surface area (Å²) in [4.78, 5) is 0. The van der Waals surface area contributed by atoms with E-state index in [9.17, 15) is 0 Å². The number of hydrogen-bond acceptors (Lipinski definition) is 0. The van der Waals surface area contributed by atoms with Gasteiger partial charge in [0, 0.05) is 0 Å². The average molecular weight is 268 g/mol. The van der Waals surface area contributed by atoms with E-state index >= 15 is 0 Å². The van der Waals surface area contributed by atoms with Gasteiger partial charge in [0.15, 0.2) is 0 Å². The number of benzene rings is 3. The zero-order valence-corrected chi connectivity index (χ0v) is 11.9. The van der Waals surface area contributed by atoms with Crippen molar-refractivity contribution in [3.63, 3.8) is 0 Å². The SMILES string of the molecule is C1=Cc2cccc3cc4c(c(c23)C1)Cc1ccccc1C4. The molecule has 0 aromatic heterocycles. The van der Waals surface area contributed by atoms with E-state index in [1.165, 1.54) is 33.0 Å². The number of rotatable bonds is 0. The molecule has 0 amide bonds. The monoisotopic (exact) mass is 268 g/mol. The number of fused-ring (bicyclic) bond motifs is 3. The Kier molecular flexibility index (Phi) is 2.20. The van der Waals surface area contributed by atoms with Crippen LogP contribution >= 0.6 is 0 Å². The van der Waals surface area contributed by atoms with Gasteiger partial charge in [0.1, 0.15) is 0 Å². The van der Waals surface area contributed by atoms with Crippen molar-refractivity contribution in [2.45, 2.75) is 19.3 Å². The quantitative estimate of drug-likeness (QED) is 0.425. The van der Waals surface area contributed by atoms with Crippen LogP contribution in [0, 0.1) is 0 Å². The lowest BCUT2D eigenvalue weighted by atomic mass is 9.79. The van der Waals surface area contributed by atoms with Crippen LogP contribution in [0.1, 0.15) is 33.4 Å². The summed E-state index contributed by atoms with van der Waals surface area (Å²) in [6, 6.07) is 18.0. The van der Waals surface area contributed by atoms with Crippen LogP contribution in [0.15, 0.2) is 54.6 Å². The van der Waals surface area contributed by atoms with Crippen LogP contribution in [-0.4, -0.2) is 0 Å². The second-order valence-corrected chi connectivity index (χ2v) is 6.17. The maximum Gasteiger partial charge on any atom is -0.00170 e. The van der Waals surface area contributed by atoms with Crippen LogP contribution in [0.25, 0.3) is 16.8 Å². The molecule has 0 unspecified atom stereocenters. The van der Waals surface area contributed by atoms with E-state index in [-0.39, 0.29) is 0 Å². The Hall–Kier alpha value is -2.34. The maximum atomic E-state index is 2.42. The standard InChI is InChI=1S/C21H16/c1-2-6-16-13-20-18(11-15(16)5-1)12-17-9-3-7-14-8-4-10-19(20)21(14)17/h1-9,12H,10-11,13H2. The lowest BCUT2D eigenvalue weighted by molar-refractivity contribution is 0.982. The summed E-state index contributed by atoms with van der Waals surface area (Å²) in [5.41, 5.74) is 9.07. The third-order valence-corrected chi connectivity index (χ3v) is 5.00. The van der Waals surface area contributed by atoms with E-state index in [2.05, 4.69) is 60.7 Å². The van der Waals surface area contributed by atoms with Crippen molar-refractivity contribution < 1.29 is 0 Å². The van der Waals surface area contributed by atoms with E-state index in [4.69, 9.17) is 0 Å². The van der Waals surface area contributed by atoms with E-state index < -0.39 is 0 Å². The Labute approximate surface area is 124 Å². The van der Waals surface area contributed by atoms with E-state index in [1.807, 2.05) is 0 Å². The molecule has 0 atom stereocenters. The molecule has 21 heavy (non-hydrogen) atoms. The summed E-state index contributed by atoms with van der Waals surface area (Å²) in [6.45, 7) is 0. The molecule has 3 aromatic carbocycles. The Balaban J connectivity index is 1.83. The zero-order chi connectivity index (χ0) is 13.8. The first-order valence-corrected chi connectivity index (χ1v) is 7.70. The van der Waals surface area contributed by atoms with Gasteiger partial charge >= 0.3 is 0 Å². The van der Waals surface area contributed by atoms with Gasteiger partial charge < -0.3 is 0 Å². The highest BCUT2D eigenvalue weighted by Gasteiger charge is 2.21. The summed E-state index contributed by atoms with van der Waals surface area (Å²) in [5, 5.41) is 2.89. The first-order valence-electron chi connectivity index (χ1n) is 7.70. The molecular weight excluding hydrogens is 252 g/mol. The molecule has 0 bridgehead atoms. The van der Waals surface area contributed by atoms with Crippen LogP contribution in [0.5, 0.6) is 0 Å². The normalized spacial score (nSPS) is 14.9.